The number of hydrogen-bond acceptors (Lipinski definition) is 3. The number of nitrogens with zero attached hydrogens (tertiary/aromatic N) is 2. The van der Waals surface area contributed by atoms with E-state index in [0.29, 0.717) is 6.54 Å². The van der Waals surface area contributed by atoms with E-state index in [1.807, 2.05) is 36.4 Å². The predicted molar refractivity (Wildman–Crippen MR) is 46.2 cm³/mol. The van der Waals surface area contributed by atoms with Crippen molar-refractivity contribution in [2.24, 2.45) is 0 Å². The fourth-order valence-corrected chi connectivity index (χ4v) is 1.59. The summed E-state index contributed by atoms with van der Waals surface area (Å²) in [4.78, 5) is 0. The molecule has 1 aromatic rings. The van der Waals surface area contributed by atoms with Gasteiger partial charge in [0.2, 0.25) is 5.54 Å². The van der Waals surface area contributed by atoms with Gasteiger partial charge in [-0.2, -0.15) is 10.5 Å². The van der Waals surface area contributed by atoms with Crippen LogP contribution >= 0.6 is 0 Å². The molecule has 3 heteroatoms. The van der Waals surface area contributed by atoms with Gasteiger partial charge in [-0.1, -0.05) is 24.3 Å². The molecule has 13 heavy (non-hydrogen) atoms. The van der Waals surface area contributed by atoms with Gasteiger partial charge in [0, 0.05) is 12.1 Å². The van der Waals surface area contributed by atoms with Crippen LogP contribution in [-0.2, 0) is 12.1 Å². The first-order valence-corrected chi connectivity index (χ1v) is 3.98. The number of hydrogen-bond donors (Lipinski definition) is 1. The van der Waals surface area contributed by atoms with E-state index < -0.39 is 5.54 Å². The van der Waals surface area contributed by atoms with E-state index in [1.54, 1.807) is 0 Å². The van der Waals surface area contributed by atoms with Crippen LogP contribution in [0.5, 0.6) is 0 Å². The molecule has 1 aliphatic rings. The molecule has 2 rings (SSSR count). The molecule has 0 radical (unpaired) electrons. The predicted octanol–water partition coefficient (Wildman–Crippen LogP) is 1.03. The molecule has 0 atom stereocenters. The van der Waals surface area contributed by atoms with Crippen molar-refractivity contribution >= 4 is 0 Å². The van der Waals surface area contributed by atoms with E-state index in [4.69, 9.17) is 10.5 Å². The van der Waals surface area contributed by atoms with Crippen molar-refractivity contribution in [3.05, 3.63) is 35.4 Å². The smallest absolute Gasteiger partial charge is 0.220 e. The van der Waals surface area contributed by atoms with Crippen molar-refractivity contribution in [2.45, 2.75) is 12.1 Å². The summed E-state index contributed by atoms with van der Waals surface area (Å²) in [6.07, 6.45) is 0. The maximum Gasteiger partial charge on any atom is 0.220 e. The van der Waals surface area contributed by atoms with Crippen molar-refractivity contribution in [3.8, 4) is 12.1 Å². The van der Waals surface area contributed by atoms with E-state index >= 15 is 0 Å². The Morgan fingerprint density at radius 3 is 2.62 bits per heavy atom. The number of nitriles is 2. The molecule has 0 saturated carbocycles. The molecule has 1 aliphatic heterocycles. The molecule has 62 valence electrons. The lowest BCUT2D eigenvalue weighted by Gasteiger charge is -2.11. The SMILES string of the molecule is N#CC1(C#N)NCc2ccccc21. The molecular weight excluding hydrogens is 162 g/mol. The van der Waals surface area contributed by atoms with Crippen molar-refractivity contribution in [2.75, 3.05) is 0 Å². The second-order valence-corrected chi connectivity index (χ2v) is 2.98. The lowest BCUT2D eigenvalue weighted by molar-refractivity contribution is 0.582. The normalized spacial score (nSPS) is 17.1. The average molecular weight is 169 g/mol. The minimum Gasteiger partial charge on any atom is -0.280 e. The molecule has 1 heterocycles. The Morgan fingerprint density at radius 2 is 1.92 bits per heavy atom. The molecule has 1 N–H and O–H groups in total. The van der Waals surface area contributed by atoms with Gasteiger partial charge in [-0.05, 0) is 5.56 Å². The maximum absolute atomic E-state index is 8.93. The minimum atomic E-state index is -1.13. The largest absolute Gasteiger partial charge is 0.280 e. The third-order valence-corrected chi connectivity index (χ3v) is 2.30. The lowest BCUT2D eigenvalue weighted by atomic mass is 9.94. The van der Waals surface area contributed by atoms with Crippen molar-refractivity contribution in [3.63, 3.8) is 0 Å². The first-order valence-electron chi connectivity index (χ1n) is 3.98. The number of rotatable bonds is 0. The molecule has 0 aromatic heterocycles. The van der Waals surface area contributed by atoms with Gasteiger partial charge in [0.1, 0.15) is 12.1 Å². The van der Waals surface area contributed by atoms with Crippen LogP contribution in [-0.4, -0.2) is 0 Å². The fourth-order valence-electron chi connectivity index (χ4n) is 1.59. The molecule has 1 aromatic carbocycles. The van der Waals surface area contributed by atoms with Crippen LogP contribution < -0.4 is 5.32 Å². The monoisotopic (exact) mass is 169 g/mol. The average Bonchev–Trinajstić information content (AvgIpc) is 2.58. The Balaban J connectivity index is 2.63. The van der Waals surface area contributed by atoms with Crippen LogP contribution in [0.2, 0.25) is 0 Å². The highest BCUT2D eigenvalue weighted by molar-refractivity contribution is 5.47. The van der Waals surface area contributed by atoms with Gasteiger partial charge < -0.3 is 0 Å². The van der Waals surface area contributed by atoms with Gasteiger partial charge >= 0.3 is 0 Å². The Kier molecular flexibility index (Phi) is 1.55. The van der Waals surface area contributed by atoms with Crippen LogP contribution in [0.1, 0.15) is 11.1 Å². The van der Waals surface area contributed by atoms with Gasteiger partial charge in [0.15, 0.2) is 0 Å². The number of fused-ring (bicyclic) bond motifs is 1. The zero-order chi connectivity index (χ0) is 9.31. The van der Waals surface area contributed by atoms with E-state index in [2.05, 4.69) is 5.32 Å². The molecule has 0 bridgehead atoms. The molecule has 0 spiro atoms. The molecule has 0 unspecified atom stereocenters. The second kappa shape index (κ2) is 2.58. The molecular formula is C10H7N3. The highest BCUT2D eigenvalue weighted by atomic mass is 15.0. The van der Waals surface area contributed by atoms with Gasteiger partial charge in [0.05, 0.1) is 0 Å². The Labute approximate surface area is 76.2 Å². The summed E-state index contributed by atoms with van der Waals surface area (Å²) < 4.78 is 0. The van der Waals surface area contributed by atoms with Gasteiger partial charge in [-0.3, -0.25) is 5.32 Å². The summed E-state index contributed by atoms with van der Waals surface area (Å²) in [6.45, 7) is 0.595. The highest BCUT2D eigenvalue weighted by Gasteiger charge is 2.38. The minimum absolute atomic E-state index is 0.595. The standard InChI is InChI=1S/C10H7N3/c11-6-10(7-12)9-4-2-1-3-8(9)5-13-10/h1-4,13H,5H2. The van der Waals surface area contributed by atoms with Crippen LogP contribution in [0.25, 0.3) is 0 Å². The fraction of sp³-hybridized carbons (Fsp3) is 0.200. The molecule has 0 aliphatic carbocycles. The summed E-state index contributed by atoms with van der Waals surface area (Å²) in [5, 5.41) is 20.8. The Hall–Kier alpha value is -1.84. The molecule has 0 amide bonds. The van der Waals surface area contributed by atoms with E-state index in [1.165, 1.54) is 0 Å². The van der Waals surface area contributed by atoms with Crippen molar-refractivity contribution < 1.29 is 0 Å². The third kappa shape index (κ3) is 0.917. The van der Waals surface area contributed by atoms with Crippen LogP contribution in [0.3, 0.4) is 0 Å². The quantitative estimate of drug-likeness (QED) is 0.631. The van der Waals surface area contributed by atoms with Crippen molar-refractivity contribution in [1.82, 2.24) is 5.32 Å². The zero-order valence-electron chi connectivity index (χ0n) is 6.91. The zero-order valence-corrected chi connectivity index (χ0v) is 6.91. The van der Waals surface area contributed by atoms with Crippen molar-refractivity contribution in [1.29, 1.82) is 10.5 Å². The van der Waals surface area contributed by atoms with Crippen LogP contribution in [0, 0.1) is 22.7 Å². The third-order valence-electron chi connectivity index (χ3n) is 2.30. The van der Waals surface area contributed by atoms with Crippen LogP contribution in [0.15, 0.2) is 24.3 Å². The van der Waals surface area contributed by atoms with Gasteiger partial charge in [-0.25, -0.2) is 0 Å². The Morgan fingerprint density at radius 1 is 1.23 bits per heavy atom. The summed E-state index contributed by atoms with van der Waals surface area (Å²) >= 11 is 0. The molecule has 0 fully saturated rings. The lowest BCUT2D eigenvalue weighted by Crippen LogP contribution is -2.32. The second-order valence-electron chi connectivity index (χ2n) is 2.98. The highest BCUT2D eigenvalue weighted by Crippen LogP contribution is 2.29. The van der Waals surface area contributed by atoms with E-state index in [-0.39, 0.29) is 0 Å². The maximum atomic E-state index is 8.93. The van der Waals surface area contributed by atoms with E-state index in [9.17, 15) is 0 Å². The van der Waals surface area contributed by atoms with E-state index in [0.717, 1.165) is 11.1 Å². The first kappa shape index (κ1) is 7.79. The summed E-state index contributed by atoms with van der Waals surface area (Å²) in [6, 6.07) is 11.5. The number of nitrogens with one attached hydrogen (secondary N) is 1. The summed E-state index contributed by atoms with van der Waals surface area (Å²) in [5.74, 6) is 0. The topological polar surface area (TPSA) is 59.6 Å². The Bertz CT molecular complexity index is 409. The molecule has 0 saturated heterocycles. The van der Waals surface area contributed by atoms with Gasteiger partial charge in [0.25, 0.3) is 0 Å². The van der Waals surface area contributed by atoms with Crippen LogP contribution in [0.4, 0.5) is 0 Å². The number of benzene rings is 1. The van der Waals surface area contributed by atoms with Gasteiger partial charge in [-0.15, -0.1) is 0 Å². The molecule has 3 nitrogen and oxygen atoms in total. The summed E-state index contributed by atoms with van der Waals surface area (Å²) in [5.41, 5.74) is 0.696. The first-order chi connectivity index (χ1) is 6.32. The summed E-state index contributed by atoms with van der Waals surface area (Å²) in [7, 11) is 0.